The van der Waals surface area contributed by atoms with E-state index in [1.807, 2.05) is 6.33 Å². The molecule has 3 rings (SSSR count). The molecule has 0 amide bonds. The quantitative estimate of drug-likeness (QED) is 0.922. The van der Waals surface area contributed by atoms with E-state index in [4.69, 9.17) is 4.74 Å². The molecule has 22 heavy (non-hydrogen) atoms. The van der Waals surface area contributed by atoms with Crippen molar-refractivity contribution in [3.8, 4) is 5.75 Å². The van der Waals surface area contributed by atoms with Crippen LogP contribution in [0.2, 0.25) is 0 Å². The summed E-state index contributed by atoms with van der Waals surface area (Å²) in [6, 6.07) is 6.87. The number of aryl methyl sites for hydroxylation is 2. The molecule has 2 aromatic rings. The van der Waals surface area contributed by atoms with Gasteiger partial charge in [-0.25, -0.2) is 0 Å². The predicted molar refractivity (Wildman–Crippen MR) is 86.1 cm³/mol. The molecule has 0 saturated heterocycles. The maximum atomic E-state index is 5.88. The lowest BCUT2D eigenvalue weighted by molar-refractivity contribution is 0.315. The molecule has 0 bridgehead atoms. The molecule has 1 aliphatic heterocycles. The molecule has 1 N–H and O–H groups in total. The van der Waals surface area contributed by atoms with E-state index in [1.165, 1.54) is 11.1 Å². The Morgan fingerprint density at radius 2 is 2.32 bits per heavy atom. The van der Waals surface area contributed by atoms with Crippen molar-refractivity contribution >= 4 is 0 Å². The maximum absolute atomic E-state index is 5.88. The van der Waals surface area contributed by atoms with Gasteiger partial charge in [-0.1, -0.05) is 19.1 Å². The van der Waals surface area contributed by atoms with E-state index in [2.05, 4.69) is 52.1 Å². The van der Waals surface area contributed by atoms with Crippen LogP contribution in [0.5, 0.6) is 5.75 Å². The summed E-state index contributed by atoms with van der Waals surface area (Å²) in [5.41, 5.74) is 2.53. The minimum absolute atomic E-state index is 0.361. The molecule has 0 aliphatic carbocycles. The van der Waals surface area contributed by atoms with Gasteiger partial charge in [0.25, 0.3) is 0 Å². The van der Waals surface area contributed by atoms with E-state index >= 15 is 0 Å². The number of rotatable bonds is 5. The van der Waals surface area contributed by atoms with Crippen molar-refractivity contribution in [1.29, 1.82) is 0 Å². The summed E-state index contributed by atoms with van der Waals surface area (Å²) in [6.45, 7) is 6.82. The zero-order valence-electron chi connectivity index (χ0n) is 13.4. The molecule has 1 aliphatic rings. The molecule has 5 nitrogen and oxygen atoms in total. The molecular formula is C17H24N4O. The first-order valence-corrected chi connectivity index (χ1v) is 8.11. The van der Waals surface area contributed by atoms with Crippen LogP contribution in [-0.4, -0.2) is 27.9 Å². The lowest BCUT2D eigenvalue weighted by Gasteiger charge is -2.19. The van der Waals surface area contributed by atoms with Gasteiger partial charge in [0.05, 0.1) is 6.61 Å². The summed E-state index contributed by atoms with van der Waals surface area (Å²) in [4.78, 5) is 0. The number of hydrogen-bond donors (Lipinski definition) is 1. The van der Waals surface area contributed by atoms with E-state index in [9.17, 15) is 0 Å². The average molecular weight is 300 g/mol. The number of ether oxygens (including phenoxy) is 1. The normalized spacial score (nSPS) is 17.6. The summed E-state index contributed by atoms with van der Waals surface area (Å²) >= 11 is 0. The molecule has 2 heterocycles. The van der Waals surface area contributed by atoms with E-state index in [-0.39, 0.29) is 0 Å². The van der Waals surface area contributed by atoms with Crippen LogP contribution in [0.15, 0.2) is 24.5 Å². The third-order valence-electron chi connectivity index (χ3n) is 4.19. The second-order valence-electron chi connectivity index (χ2n) is 5.83. The predicted octanol–water partition coefficient (Wildman–Crippen LogP) is 2.65. The second kappa shape index (κ2) is 6.92. The molecule has 0 saturated carbocycles. The zero-order chi connectivity index (χ0) is 15.4. The number of aromatic nitrogens is 3. The maximum Gasteiger partial charge on any atom is 0.132 e. The van der Waals surface area contributed by atoms with Gasteiger partial charge < -0.3 is 14.6 Å². The van der Waals surface area contributed by atoms with Crippen molar-refractivity contribution in [1.82, 2.24) is 20.1 Å². The van der Waals surface area contributed by atoms with Crippen molar-refractivity contribution in [2.45, 2.75) is 45.7 Å². The highest BCUT2D eigenvalue weighted by molar-refractivity contribution is 5.39. The average Bonchev–Trinajstić information content (AvgIpc) is 2.88. The number of hydrogen-bond acceptors (Lipinski definition) is 4. The first-order valence-electron chi connectivity index (χ1n) is 8.11. The Morgan fingerprint density at radius 3 is 3.18 bits per heavy atom. The van der Waals surface area contributed by atoms with Gasteiger partial charge in [0.1, 0.15) is 17.9 Å². The minimum Gasteiger partial charge on any atom is -0.493 e. The largest absolute Gasteiger partial charge is 0.493 e. The van der Waals surface area contributed by atoms with Crippen molar-refractivity contribution in [2.75, 3.05) is 13.2 Å². The molecule has 1 atom stereocenters. The Bertz CT molecular complexity index is 623. The van der Waals surface area contributed by atoms with Crippen LogP contribution in [0.4, 0.5) is 0 Å². The van der Waals surface area contributed by atoms with Crippen LogP contribution < -0.4 is 10.1 Å². The monoisotopic (exact) mass is 300 g/mol. The van der Waals surface area contributed by atoms with Crippen LogP contribution in [0, 0.1) is 6.92 Å². The SMILES string of the molecule is CCc1nncn1CCNC1CCCOc2cc(C)ccc21. The van der Waals surface area contributed by atoms with Gasteiger partial charge in [0.15, 0.2) is 0 Å². The Balaban J connectivity index is 1.65. The molecule has 1 aromatic heterocycles. The van der Waals surface area contributed by atoms with Crippen LogP contribution in [-0.2, 0) is 13.0 Å². The van der Waals surface area contributed by atoms with Gasteiger partial charge in [0, 0.05) is 31.1 Å². The van der Waals surface area contributed by atoms with Crippen molar-refractivity contribution in [2.24, 2.45) is 0 Å². The number of fused-ring (bicyclic) bond motifs is 1. The zero-order valence-corrected chi connectivity index (χ0v) is 13.4. The van der Waals surface area contributed by atoms with Crippen LogP contribution in [0.1, 0.15) is 42.8 Å². The fourth-order valence-electron chi connectivity index (χ4n) is 2.99. The molecule has 1 aromatic carbocycles. The van der Waals surface area contributed by atoms with E-state index in [0.717, 1.165) is 50.5 Å². The molecule has 0 radical (unpaired) electrons. The Labute approximate surface area is 131 Å². The van der Waals surface area contributed by atoms with Crippen LogP contribution >= 0.6 is 0 Å². The first kappa shape index (κ1) is 15.0. The number of benzene rings is 1. The van der Waals surface area contributed by atoms with E-state index in [0.29, 0.717) is 6.04 Å². The van der Waals surface area contributed by atoms with Crippen LogP contribution in [0.25, 0.3) is 0 Å². The topological polar surface area (TPSA) is 52.0 Å². The standard InChI is InChI=1S/C17H24N4O/c1-3-17-20-19-12-21(17)9-8-18-15-5-4-10-22-16-11-13(2)6-7-14(15)16/h6-7,11-12,15,18H,3-5,8-10H2,1-2H3. The lowest BCUT2D eigenvalue weighted by Crippen LogP contribution is -2.25. The fraction of sp³-hybridized carbons (Fsp3) is 0.529. The highest BCUT2D eigenvalue weighted by Gasteiger charge is 2.19. The summed E-state index contributed by atoms with van der Waals surface area (Å²) in [6.07, 6.45) is 4.92. The van der Waals surface area contributed by atoms with Crippen molar-refractivity contribution < 1.29 is 4.74 Å². The third kappa shape index (κ3) is 3.30. The highest BCUT2D eigenvalue weighted by atomic mass is 16.5. The fourth-order valence-corrected chi connectivity index (χ4v) is 2.99. The van der Waals surface area contributed by atoms with Gasteiger partial charge in [-0.05, 0) is 31.4 Å². The highest BCUT2D eigenvalue weighted by Crippen LogP contribution is 2.32. The van der Waals surface area contributed by atoms with Crippen LogP contribution in [0.3, 0.4) is 0 Å². The van der Waals surface area contributed by atoms with Gasteiger partial charge in [-0.2, -0.15) is 0 Å². The summed E-state index contributed by atoms with van der Waals surface area (Å²) in [5.74, 6) is 2.08. The molecule has 5 heteroatoms. The van der Waals surface area contributed by atoms with Gasteiger partial charge in [-0.3, -0.25) is 0 Å². The molecule has 0 fully saturated rings. The van der Waals surface area contributed by atoms with Gasteiger partial charge in [-0.15, -0.1) is 10.2 Å². The molecule has 118 valence electrons. The van der Waals surface area contributed by atoms with E-state index < -0.39 is 0 Å². The number of nitrogens with one attached hydrogen (secondary N) is 1. The van der Waals surface area contributed by atoms with Gasteiger partial charge in [0.2, 0.25) is 0 Å². The van der Waals surface area contributed by atoms with Gasteiger partial charge >= 0.3 is 0 Å². The minimum atomic E-state index is 0.361. The summed E-state index contributed by atoms with van der Waals surface area (Å²) in [5, 5.41) is 11.8. The molecular weight excluding hydrogens is 276 g/mol. The first-order chi connectivity index (χ1) is 10.8. The number of nitrogens with zero attached hydrogens (tertiary/aromatic N) is 3. The van der Waals surface area contributed by atoms with E-state index in [1.54, 1.807) is 0 Å². The summed E-state index contributed by atoms with van der Waals surface area (Å²) < 4.78 is 8.00. The lowest BCUT2D eigenvalue weighted by atomic mass is 10.0. The Kier molecular flexibility index (Phi) is 4.73. The summed E-state index contributed by atoms with van der Waals surface area (Å²) in [7, 11) is 0. The molecule has 0 spiro atoms. The Hall–Kier alpha value is -1.88. The Morgan fingerprint density at radius 1 is 1.41 bits per heavy atom. The molecule has 1 unspecified atom stereocenters. The second-order valence-corrected chi connectivity index (χ2v) is 5.83. The third-order valence-corrected chi connectivity index (χ3v) is 4.19. The van der Waals surface area contributed by atoms with Crippen molar-refractivity contribution in [3.63, 3.8) is 0 Å². The van der Waals surface area contributed by atoms with Crippen molar-refractivity contribution in [3.05, 3.63) is 41.5 Å². The smallest absolute Gasteiger partial charge is 0.132 e.